The molecule has 2 heterocycles. The van der Waals surface area contributed by atoms with E-state index in [4.69, 9.17) is 12.2 Å². The molecular formula is C17H29N3OS. The number of rotatable bonds is 5. The van der Waals surface area contributed by atoms with Gasteiger partial charge in [-0.15, -0.1) is 0 Å². The van der Waals surface area contributed by atoms with Crippen LogP contribution in [0.15, 0.2) is 0 Å². The standard InChI is InChI=1S/C17H29N3OS/c1-20-15(21)17(19-16(20)22,11-14-8-10-18-12-14)9-7-13-5-3-2-4-6-13/h13-14,18H,2-12H2,1H3,(H,19,22). The molecule has 0 spiro atoms. The topological polar surface area (TPSA) is 44.4 Å². The number of nitrogens with one attached hydrogen (secondary N) is 2. The van der Waals surface area contributed by atoms with E-state index >= 15 is 0 Å². The molecule has 2 atom stereocenters. The third-order valence-corrected chi connectivity index (χ3v) is 6.24. The zero-order valence-corrected chi connectivity index (χ0v) is 14.5. The molecule has 0 bridgehead atoms. The van der Waals surface area contributed by atoms with Gasteiger partial charge in [0, 0.05) is 7.05 Å². The summed E-state index contributed by atoms with van der Waals surface area (Å²) in [6.45, 7) is 2.12. The third kappa shape index (κ3) is 3.30. The molecule has 2 saturated heterocycles. The Hall–Kier alpha value is -0.680. The summed E-state index contributed by atoms with van der Waals surface area (Å²) in [4.78, 5) is 14.5. The zero-order chi connectivity index (χ0) is 15.6. The second-order valence-corrected chi connectivity index (χ2v) is 7.87. The van der Waals surface area contributed by atoms with Crippen molar-refractivity contribution >= 4 is 23.2 Å². The first-order valence-electron chi connectivity index (χ1n) is 8.92. The van der Waals surface area contributed by atoms with Crippen LogP contribution in [-0.2, 0) is 4.79 Å². The Labute approximate surface area is 139 Å². The monoisotopic (exact) mass is 323 g/mol. The summed E-state index contributed by atoms with van der Waals surface area (Å²) in [6, 6.07) is 0. The van der Waals surface area contributed by atoms with E-state index in [0.29, 0.717) is 11.0 Å². The van der Waals surface area contributed by atoms with Gasteiger partial charge in [-0.25, -0.2) is 0 Å². The first-order valence-corrected chi connectivity index (χ1v) is 9.32. The maximum atomic E-state index is 12.9. The van der Waals surface area contributed by atoms with Crippen LogP contribution in [0.2, 0.25) is 0 Å². The lowest BCUT2D eigenvalue weighted by molar-refractivity contribution is -0.131. The third-order valence-electron chi connectivity index (χ3n) is 5.87. The minimum Gasteiger partial charge on any atom is -0.348 e. The fourth-order valence-corrected chi connectivity index (χ4v) is 4.75. The summed E-state index contributed by atoms with van der Waals surface area (Å²) in [7, 11) is 1.81. The summed E-state index contributed by atoms with van der Waals surface area (Å²) in [5.74, 6) is 1.60. The van der Waals surface area contributed by atoms with Gasteiger partial charge in [0.15, 0.2) is 5.11 Å². The van der Waals surface area contributed by atoms with Crippen molar-refractivity contribution in [3.63, 3.8) is 0 Å². The average Bonchev–Trinajstić information content (AvgIpc) is 3.11. The Morgan fingerprint density at radius 1 is 1.23 bits per heavy atom. The quantitative estimate of drug-likeness (QED) is 0.763. The highest BCUT2D eigenvalue weighted by atomic mass is 32.1. The molecular weight excluding hydrogens is 294 g/mol. The molecule has 1 amide bonds. The molecule has 3 aliphatic rings. The number of hydrogen-bond acceptors (Lipinski definition) is 3. The van der Waals surface area contributed by atoms with Crippen molar-refractivity contribution < 1.29 is 4.79 Å². The van der Waals surface area contributed by atoms with Gasteiger partial charge in [0.2, 0.25) is 0 Å². The van der Waals surface area contributed by atoms with Gasteiger partial charge in [0.25, 0.3) is 5.91 Å². The molecule has 0 aromatic carbocycles. The molecule has 3 fully saturated rings. The largest absolute Gasteiger partial charge is 0.348 e. The maximum absolute atomic E-state index is 12.9. The van der Waals surface area contributed by atoms with Crippen LogP contribution in [-0.4, -0.2) is 41.6 Å². The van der Waals surface area contributed by atoms with Crippen molar-refractivity contribution in [1.29, 1.82) is 0 Å². The van der Waals surface area contributed by atoms with Gasteiger partial charge in [0.05, 0.1) is 0 Å². The summed E-state index contributed by atoms with van der Waals surface area (Å²) in [6.07, 6.45) is 11.0. The summed E-state index contributed by atoms with van der Waals surface area (Å²) in [5.41, 5.74) is -0.431. The Balaban J connectivity index is 1.68. The van der Waals surface area contributed by atoms with E-state index in [9.17, 15) is 4.79 Å². The van der Waals surface area contributed by atoms with Crippen molar-refractivity contribution in [2.75, 3.05) is 20.1 Å². The molecule has 3 rings (SSSR count). The molecule has 0 aromatic rings. The highest BCUT2D eigenvalue weighted by molar-refractivity contribution is 7.80. The van der Waals surface area contributed by atoms with E-state index in [1.54, 1.807) is 4.90 Å². The van der Waals surface area contributed by atoms with Crippen LogP contribution in [0.25, 0.3) is 0 Å². The molecule has 22 heavy (non-hydrogen) atoms. The van der Waals surface area contributed by atoms with E-state index < -0.39 is 5.54 Å². The normalized spacial score (nSPS) is 33.5. The second kappa shape index (κ2) is 6.83. The number of hydrogen-bond donors (Lipinski definition) is 2. The Morgan fingerprint density at radius 2 is 2.00 bits per heavy atom. The summed E-state index contributed by atoms with van der Waals surface area (Å²) >= 11 is 5.36. The predicted octanol–water partition coefficient (Wildman–Crippen LogP) is 2.43. The first-order chi connectivity index (χ1) is 10.6. The van der Waals surface area contributed by atoms with Crippen LogP contribution in [0, 0.1) is 11.8 Å². The second-order valence-electron chi connectivity index (χ2n) is 7.48. The zero-order valence-electron chi connectivity index (χ0n) is 13.7. The Bertz CT molecular complexity index is 430. The first kappa shape index (κ1) is 16.2. The average molecular weight is 324 g/mol. The van der Waals surface area contributed by atoms with Gasteiger partial charge in [-0.2, -0.15) is 0 Å². The predicted molar refractivity (Wildman–Crippen MR) is 92.6 cm³/mol. The van der Waals surface area contributed by atoms with Crippen LogP contribution in [0.1, 0.15) is 57.8 Å². The van der Waals surface area contributed by atoms with Gasteiger partial charge in [0.1, 0.15) is 5.54 Å². The highest BCUT2D eigenvalue weighted by Crippen LogP contribution is 2.35. The van der Waals surface area contributed by atoms with Gasteiger partial charge in [-0.1, -0.05) is 32.1 Å². The van der Waals surface area contributed by atoms with E-state index in [1.165, 1.54) is 38.5 Å². The number of carbonyl (C=O) groups is 1. The Kier molecular flexibility index (Phi) is 5.03. The summed E-state index contributed by atoms with van der Waals surface area (Å²) < 4.78 is 0. The lowest BCUT2D eigenvalue weighted by atomic mass is 9.78. The number of nitrogens with zero attached hydrogens (tertiary/aromatic N) is 1. The molecule has 0 radical (unpaired) electrons. The molecule has 2 aliphatic heterocycles. The minimum atomic E-state index is -0.431. The van der Waals surface area contributed by atoms with Gasteiger partial charge in [-0.05, 0) is 62.8 Å². The van der Waals surface area contributed by atoms with Crippen LogP contribution >= 0.6 is 12.2 Å². The molecule has 1 aliphatic carbocycles. The number of thiocarbonyl (C=S) groups is 1. The molecule has 124 valence electrons. The van der Waals surface area contributed by atoms with Crippen molar-refractivity contribution in [3.05, 3.63) is 0 Å². The van der Waals surface area contributed by atoms with Crippen molar-refractivity contribution in [3.8, 4) is 0 Å². The fourth-order valence-electron chi connectivity index (χ4n) is 4.47. The van der Waals surface area contributed by atoms with E-state index in [0.717, 1.165) is 38.3 Å². The SMILES string of the molecule is CN1C(=O)C(CCC2CCCCC2)(CC2CCNC2)NC1=S. The Morgan fingerprint density at radius 3 is 2.59 bits per heavy atom. The smallest absolute Gasteiger partial charge is 0.254 e. The minimum absolute atomic E-state index is 0.195. The van der Waals surface area contributed by atoms with Crippen molar-refractivity contribution in [2.45, 2.75) is 63.3 Å². The fraction of sp³-hybridized carbons (Fsp3) is 0.882. The van der Waals surface area contributed by atoms with Gasteiger partial charge >= 0.3 is 0 Å². The van der Waals surface area contributed by atoms with Crippen LogP contribution in [0.5, 0.6) is 0 Å². The molecule has 1 saturated carbocycles. The summed E-state index contributed by atoms with van der Waals surface area (Å²) in [5, 5.41) is 7.44. The van der Waals surface area contributed by atoms with E-state index in [2.05, 4.69) is 10.6 Å². The van der Waals surface area contributed by atoms with E-state index in [1.807, 2.05) is 7.05 Å². The molecule has 0 aromatic heterocycles. The van der Waals surface area contributed by atoms with E-state index in [-0.39, 0.29) is 5.91 Å². The lowest BCUT2D eigenvalue weighted by Crippen LogP contribution is -2.49. The molecule has 5 heteroatoms. The molecule has 2 unspecified atom stereocenters. The molecule has 2 N–H and O–H groups in total. The highest BCUT2D eigenvalue weighted by Gasteiger charge is 2.49. The number of likely N-dealkylation sites (N-methyl/N-ethyl adjacent to an activating group) is 1. The van der Waals surface area contributed by atoms with Crippen LogP contribution in [0.4, 0.5) is 0 Å². The number of carbonyl (C=O) groups excluding carboxylic acids is 1. The van der Waals surface area contributed by atoms with Gasteiger partial charge < -0.3 is 10.6 Å². The molecule has 4 nitrogen and oxygen atoms in total. The van der Waals surface area contributed by atoms with Crippen molar-refractivity contribution in [1.82, 2.24) is 15.5 Å². The van der Waals surface area contributed by atoms with Gasteiger partial charge in [-0.3, -0.25) is 9.69 Å². The lowest BCUT2D eigenvalue weighted by Gasteiger charge is -2.32. The maximum Gasteiger partial charge on any atom is 0.254 e. The van der Waals surface area contributed by atoms with Crippen LogP contribution in [0.3, 0.4) is 0 Å². The van der Waals surface area contributed by atoms with Crippen LogP contribution < -0.4 is 10.6 Å². The number of amides is 1. The van der Waals surface area contributed by atoms with Crippen molar-refractivity contribution in [2.24, 2.45) is 11.8 Å².